The molecule has 1 heterocycles. The van der Waals surface area contributed by atoms with Crippen molar-refractivity contribution < 1.29 is 18.3 Å². The molecule has 5 heteroatoms. The minimum atomic E-state index is -0.428. The molecule has 1 fully saturated rings. The first-order chi connectivity index (χ1) is 9.60. The highest BCUT2D eigenvalue weighted by Gasteiger charge is 2.26. The molecule has 1 aliphatic heterocycles. The van der Waals surface area contributed by atoms with E-state index >= 15 is 0 Å². The molecular formula is C15H19F2NO2. The Morgan fingerprint density at radius 2 is 2.05 bits per heavy atom. The largest absolute Gasteiger partial charge is 0.466 e. The maximum Gasteiger partial charge on any atom is 0.309 e. The number of hydrogen-bond acceptors (Lipinski definition) is 3. The summed E-state index contributed by atoms with van der Waals surface area (Å²) in [4.78, 5) is 13.6. The third-order valence-electron chi connectivity index (χ3n) is 3.61. The number of likely N-dealkylation sites (tertiary alicyclic amines) is 1. The summed E-state index contributed by atoms with van der Waals surface area (Å²) in [5, 5.41) is 0. The predicted molar refractivity (Wildman–Crippen MR) is 71.0 cm³/mol. The number of esters is 1. The van der Waals surface area contributed by atoms with E-state index in [-0.39, 0.29) is 17.7 Å². The van der Waals surface area contributed by atoms with Gasteiger partial charge in [-0.3, -0.25) is 9.69 Å². The zero-order valence-electron chi connectivity index (χ0n) is 11.6. The summed E-state index contributed by atoms with van der Waals surface area (Å²) in [5.74, 6) is -1.03. The zero-order chi connectivity index (χ0) is 14.5. The zero-order valence-corrected chi connectivity index (χ0v) is 11.6. The van der Waals surface area contributed by atoms with Gasteiger partial charge in [-0.1, -0.05) is 0 Å². The Kier molecular flexibility index (Phi) is 5.06. The van der Waals surface area contributed by atoms with Crippen LogP contribution in [0.4, 0.5) is 8.78 Å². The smallest absolute Gasteiger partial charge is 0.309 e. The Balaban J connectivity index is 1.88. The van der Waals surface area contributed by atoms with E-state index in [1.54, 1.807) is 6.92 Å². The Labute approximate surface area is 117 Å². The van der Waals surface area contributed by atoms with E-state index in [1.807, 2.05) is 4.90 Å². The van der Waals surface area contributed by atoms with Crippen molar-refractivity contribution in [2.75, 3.05) is 19.7 Å². The van der Waals surface area contributed by atoms with Gasteiger partial charge in [0.1, 0.15) is 11.6 Å². The summed E-state index contributed by atoms with van der Waals surface area (Å²) >= 11 is 0. The standard InChI is InChI=1S/C15H19F2NO2/c1-2-20-15(19)11-5-7-18(8-6-11)10-12-9-13(16)3-4-14(12)17/h3-4,9,11H,2,5-8,10H2,1H3. The van der Waals surface area contributed by atoms with Crippen molar-refractivity contribution in [2.45, 2.75) is 26.3 Å². The lowest BCUT2D eigenvalue weighted by Crippen LogP contribution is -2.36. The lowest BCUT2D eigenvalue weighted by Gasteiger charge is -2.30. The normalized spacial score (nSPS) is 17.1. The molecule has 0 unspecified atom stereocenters. The first-order valence-corrected chi connectivity index (χ1v) is 6.93. The average molecular weight is 283 g/mol. The Morgan fingerprint density at radius 3 is 2.70 bits per heavy atom. The van der Waals surface area contributed by atoms with Crippen molar-refractivity contribution in [3.05, 3.63) is 35.4 Å². The van der Waals surface area contributed by atoms with Crippen LogP contribution in [-0.2, 0) is 16.1 Å². The van der Waals surface area contributed by atoms with Gasteiger partial charge in [0.15, 0.2) is 0 Å². The van der Waals surface area contributed by atoms with Gasteiger partial charge in [0.25, 0.3) is 0 Å². The summed E-state index contributed by atoms with van der Waals surface area (Å²) in [5.41, 5.74) is 0.361. The quantitative estimate of drug-likeness (QED) is 0.796. The van der Waals surface area contributed by atoms with Crippen molar-refractivity contribution in [3.63, 3.8) is 0 Å². The minimum absolute atomic E-state index is 0.0662. The summed E-state index contributed by atoms with van der Waals surface area (Å²) < 4.78 is 31.7. The second kappa shape index (κ2) is 6.79. The van der Waals surface area contributed by atoms with Crippen molar-refractivity contribution >= 4 is 5.97 Å². The van der Waals surface area contributed by atoms with E-state index in [4.69, 9.17) is 4.74 Å². The summed E-state index contributed by atoms with van der Waals surface area (Å²) in [7, 11) is 0. The number of carbonyl (C=O) groups is 1. The molecule has 20 heavy (non-hydrogen) atoms. The van der Waals surface area contributed by atoms with Crippen LogP contribution in [0.5, 0.6) is 0 Å². The molecular weight excluding hydrogens is 264 g/mol. The van der Waals surface area contributed by atoms with Crippen LogP contribution in [0.15, 0.2) is 18.2 Å². The Bertz CT molecular complexity index is 471. The van der Waals surface area contributed by atoms with Crippen molar-refractivity contribution in [1.82, 2.24) is 4.90 Å². The number of benzene rings is 1. The molecule has 0 aromatic heterocycles. The fourth-order valence-corrected chi connectivity index (χ4v) is 2.49. The molecule has 0 spiro atoms. The fraction of sp³-hybridized carbons (Fsp3) is 0.533. The molecule has 0 saturated carbocycles. The van der Waals surface area contributed by atoms with Crippen LogP contribution in [-0.4, -0.2) is 30.6 Å². The van der Waals surface area contributed by atoms with Gasteiger partial charge < -0.3 is 4.74 Å². The third-order valence-corrected chi connectivity index (χ3v) is 3.61. The van der Waals surface area contributed by atoms with Gasteiger partial charge in [-0.05, 0) is 51.1 Å². The first-order valence-electron chi connectivity index (χ1n) is 6.93. The maximum atomic E-state index is 13.6. The van der Waals surface area contributed by atoms with Crippen LogP contribution in [0.2, 0.25) is 0 Å². The molecule has 1 aromatic carbocycles. The Morgan fingerprint density at radius 1 is 1.35 bits per heavy atom. The molecule has 0 amide bonds. The van der Waals surface area contributed by atoms with E-state index in [9.17, 15) is 13.6 Å². The SMILES string of the molecule is CCOC(=O)C1CCN(Cc2cc(F)ccc2F)CC1. The monoisotopic (exact) mass is 283 g/mol. The number of rotatable bonds is 4. The van der Waals surface area contributed by atoms with Gasteiger partial charge in [-0.2, -0.15) is 0 Å². The number of hydrogen-bond donors (Lipinski definition) is 0. The van der Waals surface area contributed by atoms with Gasteiger partial charge >= 0.3 is 5.97 Å². The van der Waals surface area contributed by atoms with Gasteiger partial charge in [0, 0.05) is 12.1 Å². The van der Waals surface area contributed by atoms with Crippen molar-refractivity contribution in [2.24, 2.45) is 5.92 Å². The highest BCUT2D eigenvalue weighted by molar-refractivity contribution is 5.72. The van der Waals surface area contributed by atoms with Crippen LogP contribution in [0.3, 0.4) is 0 Å². The van der Waals surface area contributed by atoms with E-state index in [2.05, 4.69) is 0 Å². The van der Waals surface area contributed by atoms with Crippen molar-refractivity contribution in [1.29, 1.82) is 0 Å². The van der Waals surface area contributed by atoms with Crippen LogP contribution in [0.25, 0.3) is 0 Å². The fourth-order valence-electron chi connectivity index (χ4n) is 2.49. The summed E-state index contributed by atoms with van der Waals surface area (Å²) in [6.07, 6.45) is 1.41. The van der Waals surface area contributed by atoms with E-state index < -0.39 is 5.82 Å². The van der Waals surface area contributed by atoms with E-state index in [0.717, 1.165) is 12.1 Å². The maximum absolute atomic E-state index is 13.6. The molecule has 0 bridgehead atoms. The third kappa shape index (κ3) is 3.76. The molecule has 3 nitrogen and oxygen atoms in total. The lowest BCUT2D eigenvalue weighted by molar-refractivity contribution is -0.149. The lowest BCUT2D eigenvalue weighted by atomic mass is 9.96. The number of carbonyl (C=O) groups excluding carboxylic acids is 1. The van der Waals surface area contributed by atoms with Crippen LogP contribution in [0.1, 0.15) is 25.3 Å². The van der Waals surface area contributed by atoms with Gasteiger partial charge in [-0.15, -0.1) is 0 Å². The number of halogens is 2. The second-order valence-electron chi connectivity index (χ2n) is 5.04. The molecule has 2 rings (SSSR count). The van der Waals surface area contributed by atoms with E-state index in [0.29, 0.717) is 44.6 Å². The number of nitrogens with zero attached hydrogens (tertiary/aromatic N) is 1. The second-order valence-corrected chi connectivity index (χ2v) is 5.04. The van der Waals surface area contributed by atoms with Gasteiger partial charge in [0.05, 0.1) is 12.5 Å². The average Bonchev–Trinajstić information content (AvgIpc) is 2.44. The molecule has 1 aliphatic rings. The van der Waals surface area contributed by atoms with Crippen LogP contribution in [0, 0.1) is 17.6 Å². The highest BCUT2D eigenvalue weighted by atomic mass is 19.1. The topological polar surface area (TPSA) is 29.5 Å². The van der Waals surface area contributed by atoms with Crippen molar-refractivity contribution in [3.8, 4) is 0 Å². The predicted octanol–water partition coefficient (Wildman–Crippen LogP) is 2.74. The van der Waals surface area contributed by atoms with Crippen LogP contribution < -0.4 is 0 Å². The molecule has 0 aliphatic carbocycles. The van der Waals surface area contributed by atoms with Gasteiger partial charge in [-0.25, -0.2) is 8.78 Å². The molecule has 1 saturated heterocycles. The molecule has 0 radical (unpaired) electrons. The van der Waals surface area contributed by atoms with E-state index in [1.165, 1.54) is 6.07 Å². The molecule has 1 aromatic rings. The first kappa shape index (κ1) is 14.9. The number of piperidine rings is 1. The highest BCUT2D eigenvalue weighted by Crippen LogP contribution is 2.21. The molecule has 110 valence electrons. The number of ether oxygens (including phenoxy) is 1. The molecule has 0 N–H and O–H groups in total. The molecule has 0 atom stereocenters. The van der Waals surface area contributed by atoms with Gasteiger partial charge in [0.2, 0.25) is 0 Å². The summed E-state index contributed by atoms with van der Waals surface area (Å²) in [6.45, 7) is 3.95. The van der Waals surface area contributed by atoms with Crippen LogP contribution >= 0.6 is 0 Å². The summed E-state index contributed by atoms with van der Waals surface area (Å²) in [6, 6.07) is 3.49. The Hall–Kier alpha value is -1.49. The minimum Gasteiger partial charge on any atom is -0.466 e.